The standard InChI is InChI=1S/C12H14FN3/c13-12-11-8(6-7-14-9-4-5-9)2-1-3-10(11)15-16-12/h1-3,9,14H,4-7H2,(H,15,16). The molecule has 84 valence electrons. The van der Waals surface area contributed by atoms with Gasteiger partial charge in [0.05, 0.1) is 10.9 Å². The van der Waals surface area contributed by atoms with Crippen LogP contribution in [0.1, 0.15) is 18.4 Å². The summed E-state index contributed by atoms with van der Waals surface area (Å²) < 4.78 is 13.5. The summed E-state index contributed by atoms with van der Waals surface area (Å²) in [4.78, 5) is 0. The summed E-state index contributed by atoms with van der Waals surface area (Å²) in [6.45, 7) is 0.911. The average Bonchev–Trinajstić information content (AvgIpc) is 3.03. The van der Waals surface area contributed by atoms with E-state index in [9.17, 15) is 4.39 Å². The van der Waals surface area contributed by atoms with E-state index in [1.165, 1.54) is 12.8 Å². The van der Waals surface area contributed by atoms with Crippen molar-refractivity contribution in [1.82, 2.24) is 15.5 Å². The fourth-order valence-electron chi connectivity index (χ4n) is 2.01. The number of rotatable bonds is 4. The van der Waals surface area contributed by atoms with Gasteiger partial charge in [-0.05, 0) is 37.4 Å². The molecule has 0 amide bonds. The van der Waals surface area contributed by atoms with Crippen molar-refractivity contribution in [3.05, 3.63) is 29.7 Å². The van der Waals surface area contributed by atoms with E-state index in [2.05, 4.69) is 15.5 Å². The monoisotopic (exact) mass is 219 g/mol. The van der Waals surface area contributed by atoms with Crippen LogP contribution in [-0.4, -0.2) is 22.8 Å². The maximum Gasteiger partial charge on any atom is 0.217 e. The first-order chi connectivity index (χ1) is 7.84. The van der Waals surface area contributed by atoms with Crippen molar-refractivity contribution >= 4 is 10.9 Å². The Morgan fingerprint density at radius 3 is 3.12 bits per heavy atom. The van der Waals surface area contributed by atoms with Crippen LogP contribution in [0.25, 0.3) is 10.9 Å². The first-order valence-electron chi connectivity index (χ1n) is 5.69. The van der Waals surface area contributed by atoms with Gasteiger partial charge in [-0.3, -0.25) is 5.10 Å². The molecule has 4 heteroatoms. The van der Waals surface area contributed by atoms with Crippen LogP contribution in [0.2, 0.25) is 0 Å². The molecule has 2 N–H and O–H groups in total. The first-order valence-corrected chi connectivity index (χ1v) is 5.69. The van der Waals surface area contributed by atoms with Gasteiger partial charge in [0.1, 0.15) is 0 Å². The lowest BCUT2D eigenvalue weighted by Gasteiger charge is -2.04. The van der Waals surface area contributed by atoms with Crippen LogP contribution in [0, 0.1) is 5.95 Å². The normalized spacial score (nSPS) is 15.8. The lowest BCUT2D eigenvalue weighted by atomic mass is 10.1. The Balaban J connectivity index is 1.81. The zero-order chi connectivity index (χ0) is 11.0. The molecule has 1 aliphatic carbocycles. The molecule has 1 fully saturated rings. The van der Waals surface area contributed by atoms with E-state index in [4.69, 9.17) is 0 Å². The van der Waals surface area contributed by atoms with E-state index >= 15 is 0 Å². The third kappa shape index (κ3) is 1.80. The second-order valence-corrected chi connectivity index (χ2v) is 4.33. The van der Waals surface area contributed by atoms with Crippen molar-refractivity contribution in [1.29, 1.82) is 0 Å². The molecule has 0 spiro atoms. The van der Waals surface area contributed by atoms with Gasteiger partial charge in [0.2, 0.25) is 5.95 Å². The van der Waals surface area contributed by atoms with Gasteiger partial charge in [-0.1, -0.05) is 12.1 Å². The summed E-state index contributed by atoms with van der Waals surface area (Å²) in [6, 6.07) is 6.42. The highest BCUT2D eigenvalue weighted by atomic mass is 19.1. The SMILES string of the molecule is Fc1[nH]nc2cccc(CCNC3CC3)c12. The summed E-state index contributed by atoms with van der Waals surface area (Å²) in [5.41, 5.74) is 1.73. The smallest absolute Gasteiger partial charge is 0.217 e. The van der Waals surface area contributed by atoms with Crippen molar-refractivity contribution < 1.29 is 4.39 Å². The third-order valence-electron chi connectivity index (χ3n) is 3.03. The highest BCUT2D eigenvalue weighted by Gasteiger charge is 2.20. The van der Waals surface area contributed by atoms with Crippen LogP contribution in [0.5, 0.6) is 0 Å². The number of fused-ring (bicyclic) bond motifs is 1. The summed E-state index contributed by atoms with van der Waals surface area (Å²) >= 11 is 0. The van der Waals surface area contributed by atoms with Crippen molar-refractivity contribution in [2.45, 2.75) is 25.3 Å². The number of aromatic amines is 1. The van der Waals surface area contributed by atoms with Crippen molar-refractivity contribution in [2.75, 3.05) is 6.54 Å². The van der Waals surface area contributed by atoms with E-state index in [0.717, 1.165) is 18.5 Å². The average molecular weight is 219 g/mol. The lowest BCUT2D eigenvalue weighted by molar-refractivity contribution is 0.587. The molecule has 0 unspecified atom stereocenters. The molecule has 3 nitrogen and oxygen atoms in total. The van der Waals surface area contributed by atoms with Crippen LogP contribution in [0.15, 0.2) is 18.2 Å². The molecule has 0 aliphatic heterocycles. The maximum absolute atomic E-state index is 13.5. The number of nitrogens with zero attached hydrogens (tertiary/aromatic N) is 1. The first kappa shape index (κ1) is 9.78. The van der Waals surface area contributed by atoms with E-state index in [1.54, 1.807) is 0 Å². The molecule has 0 saturated heterocycles. The fraction of sp³-hybridized carbons (Fsp3) is 0.417. The van der Waals surface area contributed by atoms with Crippen molar-refractivity contribution in [2.24, 2.45) is 0 Å². The summed E-state index contributed by atoms with van der Waals surface area (Å²) in [6.07, 6.45) is 3.42. The minimum Gasteiger partial charge on any atom is -0.314 e. The Labute approximate surface area is 93.0 Å². The van der Waals surface area contributed by atoms with Crippen molar-refractivity contribution in [3.63, 3.8) is 0 Å². The summed E-state index contributed by atoms with van der Waals surface area (Å²) in [5.74, 6) is -0.322. The largest absolute Gasteiger partial charge is 0.314 e. The van der Waals surface area contributed by atoms with E-state index in [-0.39, 0.29) is 5.95 Å². The lowest BCUT2D eigenvalue weighted by Crippen LogP contribution is -2.19. The van der Waals surface area contributed by atoms with Crippen LogP contribution in [-0.2, 0) is 6.42 Å². The third-order valence-corrected chi connectivity index (χ3v) is 3.03. The highest BCUT2D eigenvalue weighted by molar-refractivity contribution is 5.82. The second-order valence-electron chi connectivity index (χ2n) is 4.33. The number of aromatic nitrogens is 2. The van der Waals surface area contributed by atoms with Crippen LogP contribution >= 0.6 is 0 Å². The Morgan fingerprint density at radius 2 is 2.31 bits per heavy atom. The van der Waals surface area contributed by atoms with Crippen molar-refractivity contribution in [3.8, 4) is 0 Å². The van der Waals surface area contributed by atoms with Crippen LogP contribution in [0.3, 0.4) is 0 Å². The number of halogens is 1. The summed E-state index contributed by atoms with van der Waals surface area (Å²) in [7, 11) is 0. The molecule has 1 aromatic carbocycles. The molecule has 1 heterocycles. The maximum atomic E-state index is 13.5. The van der Waals surface area contributed by atoms with Gasteiger partial charge < -0.3 is 5.32 Å². The van der Waals surface area contributed by atoms with E-state index < -0.39 is 0 Å². The molecule has 0 atom stereocenters. The van der Waals surface area contributed by atoms with Gasteiger partial charge in [-0.25, -0.2) is 0 Å². The molecule has 16 heavy (non-hydrogen) atoms. The molecular weight excluding hydrogens is 205 g/mol. The number of H-pyrrole nitrogens is 1. The number of hydrogen-bond donors (Lipinski definition) is 2. The minimum absolute atomic E-state index is 0.322. The molecule has 1 saturated carbocycles. The van der Waals surface area contributed by atoms with Crippen LogP contribution < -0.4 is 5.32 Å². The molecule has 0 bridgehead atoms. The minimum atomic E-state index is -0.322. The van der Waals surface area contributed by atoms with Gasteiger partial charge in [-0.15, -0.1) is 0 Å². The Hall–Kier alpha value is -1.42. The molecule has 3 rings (SSSR count). The zero-order valence-corrected chi connectivity index (χ0v) is 8.96. The van der Waals surface area contributed by atoms with Gasteiger partial charge >= 0.3 is 0 Å². The van der Waals surface area contributed by atoms with E-state index in [1.807, 2.05) is 18.2 Å². The second kappa shape index (κ2) is 3.87. The highest BCUT2D eigenvalue weighted by Crippen LogP contribution is 2.21. The van der Waals surface area contributed by atoms with Gasteiger partial charge in [0, 0.05) is 6.04 Å². The van der Waals surface area contributed by atoms with Gasteiger partial charge in [0.25, 0.3) is 0 Å². The molecular formula is C12H14FN3. The predicted octanol–water partition coefficient (Wildman–Crippen LogP) is 2.00. The van der Waals surface area contributed by atoms with Gasteiger partial charge in [0.15, 0.2) is 0 Å². The predicted molar refractivity (Wildman–Crippen MR) is 60.8 cm³/mol. The summed E-state index contributed by atoms with van der Waals surface area (Å²) in [5, 5.41) is 10.4. The van der Waals surface area contributed by atoms with Gasteiger partial charge in [-0.2, -0.15) is 9.49 Å². The van der Waals surface area contributed by atoms with Crippen LogP contribution in [0.4, 0.5) is 4.39 Å². The zero-order valence-electron chi connectivity index (χ0n) is 8.96. The van der Waals surface area contributed by atoms with E-state index in [0.29, 0.717) is 16.9 Å². The molecule has 1 aromatic heterocycles. The molecule has 1 aliphatic rings. The topological polar surface area (TPSA) is 40.7 Å². The molecule has 0 radical (unpaired) electrons. The number of benzene rings is 1. The fourth-order valence-corrected chi connectivity index (χ4v) is 2.01. The Kier molecular flexibility index (Phi) is 2.36. The Bertz CT molecular complexity index is 502. The number of nitrogens with one attached hydrogen (secondary N) is 2. The number of hydrogen-bond acceptors (Lipinski definition) is 2. The Morgan fingerprint density at radius 1 is 1.44 bits per heavy atom. The molecule has 2 aromatic rings. The quantitative estimate of drug-likeness (QED) is 0.825.